The Morgan fingerprint density at radius 1 is 1.24 bits per heavy atom. The van der Waals surface area contributed by atoms with E-state index in [0.29, 0.717) is 5.92 Å². The molecule has 0 bridgehead atoms. The van der Waals surface area contributed by atoms with Gasteiger partial charge in [0, 0.05) is 10.3 Å². The van der Waals surface area contributed by atoms with Crippen LogP contribution in [0.4, 0.5) is 0 Å². The number of azide groups is 1. The molecule has 0 N–H and O–H groups in total. The molecule has 1 amide bonds. The molecule has 0 saturated heterocycles. The third-order valence-electron chi connectivity index (χ3n) is 4.98. The highest BCUT2D eigenvalue weighted by Crippen LogP contribution is 2.58. The summed E-state index contributed by atoms with van der Waals surface area (Å²) in [7, 11) is 0. The lowest BCUT2D eigenvalue weighted by atomic mass is 9.51. The van der Waals surface area contributed by atoms with Crippen LogP contribution in [0.1, 0.15) is 58.8 Å². The van der Waals surface area contributed by atoms with Crippen molar-refractivity contribution in [1.82, 2.24) is 0 Å². The van der Waals surface area contributed by atoms with Gasteiger partial charge in [0.1, 0.15) is 0 Å². The Balaban J connectivity index is 2.38. The second-order valence-corrected chi connectivity index (χ2v) is 6.29. The van der Waals surface area contributed by atoms with E-state index >= 15 is 0 Å². The number of rotatable bonds is 1. The molecule has 0 aromatic carbocycles. The summed E-state index contributed by atoms with van der Waals surface area (Å²) >= 11 is 0. The molecule has 0 spiro atoms. The lowest BCUT2D eigenvalue weighted by Gasteiger charge is -2.53. The summed E-state index contributed by atoms with van der Waals surface area (Å²) in [6.45, 7) is 4.53. The minimum atomic E-state index is -0.341. The Kier molecular flexibility index (Phi) is 3.17. The van der Waals surface area contributed by atoms with Crippen LogP contribution in [-0.4, -0.2) is 5.91 Å². The fourth-order valence-electron chi connectivity index (χ4n) is 4.21. The van der Waals surface area contributed by atoms with Crippen LogP contribution in [0.3, 0.4) is 0 Å². The molecule has 2 atom stereocenters. The number of fused-ring (bicyclic) bond motifs is 1. The first-order valence-electron chi connectivity index (χ1n) is 6.62. The fourth-order valence-corrected chi connectivity index (χ4v) is 4.21. The molecular weight excluding hydrogens is 214 g/mol. The molecule has 4 heteroatoms. The first-order valence-corrected chi connectivity index (χ1v) is 6.62. The van der Waals surface area contributed by atoms with E-state index in [0.717, 1.165) is 32.1 Å². The molecule has 2 aliphatic carbocycles. The van der Waals surface area contributed by atoms with E-state index in [9.17, 15) is 4.79 Å². The van der Waals surface area contributed by atoms with E-state index < -0.39 is 0 Å². The maximum Gasteiger partial charge on any atom is 0.225 e. The average Bonchev–Trinajstić information content (AvgIpc) is 2.29. The molecule has 0 aromatic rings. The monoisotopic (exact) mass is 235 g/mol. The number of amides is 1. The predicted molar refractivity (Wildman–Crippen MR) is 66.2 cm³/mol. The van der Waals surface area contributed by atoms with Crippen molar-refractivity contribution in [3.05, 3.63) is 10.4 Å². The molecule has 0 aromatic heterocycles. The maximum atomic E-state index is 12.2. The second kappa shape index (κ2) is 4.34. The average molecular weight is 235 g/mol. The first-order chi connectivity index (χ1) is 8.03. The zero-order valence-corrected chi connectivity index (χ0v) is 10.8. The molecule has 2 saturated carbocycles. The van der Waals surface area contributed by atoms with Crippen LogP contribution >= 0.6 is 0 Å². The molecule has 0 radical (unpaired) electrons. The van der Waals surface area contributed by atoms with Gasteiger partial charge in [-0.15, -0.1) is 0 Å². The van der Waals surface area contributed by atoms with Crippen molar-refractivity contribution >= 4 is 5.91 Å². The minimum absolute atomic E-state index is 0.197. The van der Waals surface area contributed by atoms with Crippen LogP contribution < -0.4 is 0 Å². The Morgan fingerprint density at radius 3 is 2.65 bits per heavy atom. The van der Waals surface area contributed by atoms with Crippen molar-refractivity contribution in [2.45, 2.75) is 58.8 Å². The summed E-state index contributed by atoms with van der Waals surface area (Å²) in [5.41, 5.74) is 8.39. The van der Waals surface area contributed by atoms with Gasteiger partial charge in [0.05, 0.1) is 0 Å². The Bertz CT molecular complexity index is 367. The van der Waals surface area contributed by atoms with Crippen LogP contribution in [0.5, 0.6) is 0 Å². The highest BCUT2D eigenvalue weighted by Gasteiger charge is 2.53. The Hall–Kier alpha value is -1.02. The number of nitrogens with zero attached hydrogens (tertiary/aromatic N) is 3. The molecular formula is C13H21N3O. The summed E-state index contributed by atoms with van der Waals surface area (Å²) in [6.07, 6.45) is 7.51. The summed E-state index contributed by atoms with van der Waals surface area (Å²) in [4.78, 5) is 14.9. The molecule has 0 unspecified atom stereocenters. The van der Waals surface area contributed by atoms with Crippen molar-refractivity contribution in [1.29, 1.82) is 0 Å². The van der Waals surface area contributed by atoms with E-state index in [1.54, 1.807) is 0 Å². The standard InChI is InChI=1S/C13H21N3O/c1-12(2)7-5-9-13(11(17)15-16-14)8-4-3-6-10(12)13/h10H,3-9H2,1-2H3/t10-,13+/m0/s1. The summed E-state index contributed by atoms with van der Waals surface area (Å²) < 4.78 is 0. The summed E-state index contributed by atoms with van der Waals surface area (Å²) in [5.74, 6) is 0.202. The van der Waals surface area contributed by atoms with Gasteiger partial charge >= 0.3 is 0 Å². The van der Waals surface area contributed by atoms with Gasteiger partial charge in [-0.3, -0.25) is 4.79 Å². The third kappa shape index (κ3) is 1.95. The molecule has 2 rings (SSSR count). The zero-order chi connectivity index (χ0) is 12.5. The largest absolute Gasteiger partial charge is 0.292 e. The normalized spacial score (nSPS) is 35.5. The SMILES string of the molecule is CC1(C)CCC[C@]2(C(=O)N=[N+]=[N-])CCCC[C@@H]12. The second-order valence-electron chi connectivity index (χ2n) is 6.29. The summed E-state index contributed by atoms with van der Waals surface area (Å²) in [5, 5.41) is 3.43. The predicted octanol–water partition coefficient (Wildman–Crippen LogP) is 4.21. The Labute approximate surface area is 102 Å². The van der Waals surface area contributed by atoms with Crippen LogP contribution in [0.2, 0.25) is 0 Å². The van der Waals surface area contributed by atoms with Gasteiger partial charge in [-0.2, -0.15) is 0 Å². The van der Waals surface area contributed by atoms with Crippen LogP contribution in [-0.2, 0) is 4.79 Å². The van der Waals surface area contributed by atoms with Crippen molar-refractivity contribution in [2.75, 3.05) is 0 Å². The molecule has 94 valence electrons. The lowest BCUT2D eigenvalue weighted by molar-refractivity contribution is -0.143. The van der Waals surface area contributed by atoms with Gasteiger partial charge in [-0.05, 0) is 47.7 Å². The number of hydrogen-bond acceptors (Lipinski definition) is 1. The Morgan fingerprint density at radius 2 is 1.94 bits per heavy atom. The molecule has 0 heterocycles. The van der Waals surface area contributed by atoms with Crippen LogP contribution in [0, 0.1) is 16.7 Å². The number of carbonyl (C=O) groups is 1. The quantitative estimate of drug-likeness (QED) is 0.381. The minimum Gasteiger partial charge on any atom is -0.292 e. The number of carbonyl (C=O) groups excluding carboxylic acids is 1. The lowest BCUT2D eigenvalue weighted by Crippen LogP contribution is -2.49. The van der Waals surface area contributed by atoms with Crippen molar-refractivity contribution in [3.8, 4) is 0 Å². The van der Waals surface area contributed by atoms with E-state index in [2.05, 4.69) is 23.9 Å². The molecule has 4 nitrogen and oxygen atoms in total. The van der Waals surface area contributed by atoms with Gasteiger partial charge in [0.2, 0.25) is 5.91 Å². The highest BCUT2D eigenvalue weighted by molar-refractivity contribution is 5.84. The van der Waals surface area contributed by atoms with Crippen LogP contribution in [0.15, 0.2) is 5.11 Å². The van der Waals surface area contributed by atoms with Gasteiger partial charge in [0.15, 0.2) is 0 Å². The topological polar surface area (TPSA) is 65.8 Å². The summed E-state index contributed by atoms with van der Waals surface area (Å²) in [6, 6.07) is 0. The molecule has 17 heavy (non-hydrogen) atoms. The first kappa shape index (κ1) is 12.4. The van der Waals surface area contributed by atoms with E-state index in [4.69, 9.17) is 5.53 Å². The van der Waals surface area contributed by atoms with Gasteiger partial charge in [-0.1, -0.05) is 33.1 Å². The zero-order valence-electron chi connectivity index (χ0n) is 10.8. The van der Waals surface area contributed by atoms with Gasteiger partial charge in [-0.25, -0.2) is 0 Å². The van der Waals surface area contributed by atoms with E-state index in [-0.39, 0.29) is 16.7 Å². The highest BCUT2D eigenvalue weighted by atomic mass is 16.2. The third-order valence-corrected chi connectivity index (χ3v) is 4.98. The van der Waals surface area contributed by atoms with E-state index in [1.807, 2.05) is 0 Å². The maximum absolute atomic E-state index is 12.2. The van der Waals surface area contributed by atoms with E-state index in [1.165, 1.54) is 12.8 Å². The number of hydrogen-bond donors (Lipinski definition) is 0. The molecule has 0 aliphatic heterocycles. The van der Waals surface area contributed by atoms with Gasteiger partial charge in [0.25, 0.3) is 0 Å². The van der Waals surface area contributed by atoms with Crippen molar-refractivity contribution < 1.29 is 4.79 Å². The smallest absolute Gasteiger partial charge is 0.225 e. The molecule has 2 fully saturated rings. The fraction of sp³-hybridized carbons (Fsp3) is 0.923. The molecule has 2 aliphatic rings. The van der Waals surface area contributed by atoms with Crippen molar-refractivity contribution in [3.63, 3.8) is 0 Å². The van der Waals surface area contributed by atoms with Crippen molar-refractivity contribution in [2.24, 2.45) is 21.9 Å². The van der Waals surface area contributed by atoms with Crippen LogP contribution in [0.25, 0.3) is 10.4 Å². The van der Waals surface area contributed by atoms with Gasteiger partial charge < -0.3 is 0 Å².